The minimum atomic E-state index is 0.223. The Morgan fingerprint density at radius 1 is 1.44 bits per heavy atom. The molecule has 100 valence electrons. The third-order valence-electron chi connectivity index (χ3n) is 4.30. The smallest absolute Gasteiger partial charge is 0.0621 e. The van der Waals surface area contributed by atoms with Crippen LogP contribution in [-0.2, 0) is 6.42 Å². The summed E-state index contributed by atoms with van der Waals surface area (Å²) in [7, 11) is 0. The fourth-order valence-corrected chi connectivity index (χ4v) is 3.04. The number of halogens is 1. The van der Waals surface area contributed by atoms with Crippen LogP contribution in [0.4, 0.5) is 0 Å². The van der Waals surface area contributed by atoms with Gasteiger partial charge < -0.3 is 5.73 Å². The zero-order chi connectivity index (χ0) is 13.2. The van der Waals surface area contributed by atoms with E-state index >= 15 is 0 Å². The van der Waals surface area contributed by atoms with Crippen LogP contribution in [0.1, 0.15) is 45.1 Å². The van der Waals surface area contributed by atoms with Gasteiger partial charge in [0, 0.05) is 18.4 Å². The summed E-state index contributed by atoms with van der Waals surface area (Å²) in [5, 5.41) is 0.740. The standard InChI is InChI=1S/C15H23ClN2/c1-15(2)6-3-11(4-7-15)14(17)9-12-5-8-18-10-13(12)16/h5,8,10-11,14H,3-4,6-7,9,17H2,1-2H3. The molecule has 2 rings (SSSR count). The molecule has 1 unspecified atom stereocenters. The van der Waals surface area contributed by atoms with Crippen LogP contribution < -0.4 is 5.73 Å². The molecule has 0 amide bonds. The molecule has 1 atom stereocenters. The summed E-state index contributed by atoms with van der Waals surface area (Å²) in [5.41, 5.74) is 7.99. The molecule has 0 saturated heterocycles. The molecule has 0 bridgehead atoms. The van der Waals surface area contributed by atoms with Crippen molar-refractivity contribution in [1.82, 2.24) is 4.98 Å². The summed E-state index contributed by atoms with van der Waals surface area (Å²) < 4.78 is 0. The topological polar surface area (TPSA) is 38.9 Å². The number of hydrogen-bond donors (Lipinski definition) is 1. The number of hydrogen-bond acceptors (Lipinski definition) is 2. The average Bonchev–Trinajstić information content (AvgIpc) is 2.32. The molecule has 0 aliphatic heterocycles. The summed E-state index contributed by atoms with van der Waals surface area (Å²) in [6, 6.07) is 2.20. The number of rotatable bonds is 3. The molecule has 0 aromatic carbocycles. The highest BCUT2D eigenvalue weighted by Gasteiger charge is 2.30. The molecule has 1 aromatic heterocycles. The summed E-state index contributed by atoms with van der Waals surface area (Å²) in [6.45, 7) is 4.71. The first-order valence-electron chi connectivity index (χ1n) is 6.82. The number of nitrogens with zero attached hydrogens (tertiary/aromatic N) is 1. The van der Waals surface area contributed by atoms with E-state index < -0.39 is 0 Å². The number of aromatic nitrogens is 1. The Hall–Kier alpha value is -0.600. The minimum Gasteiger partial charge on any atom is -0.327 e. The maximum Gasteiger partial charge on any atom is 0.0621 e. The van der Waals surface area contributed by atoms with Gasteiger partial charge in [-0.25, -0.2) is 0 Å². The van der Waals surface area contributed by atoms with Gasteiger partial charge in [-0.05, 0) is 55.1 Å². The maximum absolute atomic E-state index is 6.36. The van der Waals surface area contributed by atoms with E-state index in [1.807, 2.05) is 6.07 Å². The second kappa shape index (κ2) is 5.58. The fraction of sp³-hybridized carbons (Fsp3) is 0.667. The fourth-order valence-electron chi connectivity index (χ4n) is 2.84. The van der Waals surface area contributed by atoms with Crippen LogP contribution in [0.3, 0.4) is 0 Å². The zero-order valence-electron chi connectivity index (χ0n) is 11.3. The highest BCUT2D eigenvalue weighted by molar-refractivity contribution is 6.31. The molecule has 2 N–H and O–H groups in total. The quantitative estimate of drug-likeness (QED) is 0.903. The second-order valence-electron chi connectivity index (χ2n) is 6.34. The van der Waals surface area contributed by atoms with Crippen molar-refractivity contribution >= 4 is 11.6 Å². The van der Waals surface area contributed by atoms with E-state index in [1.54, 1.807) is 12.4 Å². The van der Waals surface area contributed by atoms with Gasteiger partial charge in [0.25, 0.3) is 0 Å². The lowest BCUT2D eigenvalue weighted by atomic mass is 9.70. The van der Waals surface area contributed by atoms with Crippen LogP contribution >= 0.6 is 11.6 Å². The van der Waals surface area contributed by atoms with E-state index in [4.69, 9.17) is 17.3 Å². The number of pyridine rings is 1. The predicted molar refractivity (Wildman–Crippen MR) is 76.7 cm³/mol. The summed E-state index contributed by atoms with van der Waals surface area (Å²) in [4.78, 5) is 4.01. The molecule has 2 nitrogen and oxygen atoms in total. The van der Waals surface area contributed by atoms with Gasteiger partial charge in [0.05, 0.1) is 5.02 Å². The average molecular weight is 267 g/mol. The highest BCUT2D eigenvalue weighted by Crippen LogP contribution is 2.39. The molecule has 0 radical (unpaired) electrons. The lowest BCUT2D eigenvalue weighted by Gasteiger charge is -2.37. The van der Waals surface area contributed by atoms with Crippen molar-refractivity contribution in [2.45, 2.75) is 52.0 Å². The molecule has 1 heterocycles. The first kappa shape index (κ1) is 13.8. The van der Waals surface area contributed by atoms with E-state index in [1.165, 1.54) is 25.7 Å². The van der Waals surface area contributed by atoms with Crippen LogP contribution in [0.15, 0.2) is 18.5 Å². The Bertz CT molecular complexity index is 393. The molecule has 0 spiro atoms. The largest absolute Gasteiger partial charge is 0.327 e. The van der Waals surface area contributed by atoms with Crippen molar-refractivity contribution in [2.75, 3.05) is 0 Å². The van der Waals surface area contributed by atoms with Crippen LogP contribution in [0.5, 0.6) is 0 Å². The SMILES string of the molecule is CC1(C)CCC(C(N)Cc2ccncc2Cl)CC1. The minimum absolute atomic E-state index is 0.223. The van der Waals surface area contributed by atoms with Gasteiger partial charge in [-0.2, -0.15) is 0 Å². The molecular formula is C15H23ClN2. The van der Waals surface area contributed by atoms with Crippen molar-refractivity contribution in [1.29, 1.82) is 0 Å². The van der Waals surface area contributed by atoms with Gasteiger partial charge in [0.1, 0.15) is 0 Å². The lowest BCUT2D eigenvalue weighted by molar-refractivity contribution is 0.173. The molecule has 1 saturated carbocycles. The summed E-state index contributed by atoms with van der Waals surface area (Å²) in [6.07, 6.45) is 9.43. The van der Waals surface area contributed by atoms with E-state index in [0.717, 1.165) is 17.0 Å². The molecule has 1 aromatic rings. The zero-order valence-corrected chi connectivity index (χ0v) is 12.1. The molecular weight excluding hydrogens is 244 g/mol. The number of nitrogens with two attached hydrogens (primary N) is 1. The van der Waals surface area contributed by atoms with Gasteiger partial charge in [0.15, 0.2) is 0 Å². The Morgan fingerprint density at radius 3 is 2.72 bits per heavy atom. The normalized spacial score (nSPS) is 21.8. The molecule has 1 aliphatic rings. The van der Waals surface area contributed by atoms with E-state index in [2.05, 4.69) is 18.8 Å². The van der Waals surface area contributed by atoms with Gasteiger partial charge in [0.2, 0.25) is 0 Å². The van der Waals surface area contributed by atoms with Crippen molar-refractivity contribution in [3.8, 4) is 0 Å². The van der Waals surface area contributed by atoms with Crippen molar-refractivity contribution in [3.05, 3.63) is 29.0 Å². The van der Waals surface area contributed by atoms with Crippen LogP contribution in [-0.4, -0.2) is 11.0 Å². The highest BCUT2D eigenvalue weighted by atomic mass is 35.5. The Labute approximate surface area is 115 Å². The van der Waals surface area contributed by atoms with E-state index in [9.17, 15) is 0 Å². The predicted octanol–water partition coefficient (Wildman–Crippen LogP) is 3.82. The summed E-state index contributed by atoms with van der Waals surface area (Å²) >= 11 is 6.13. The Morgan fingerprint density at radius 2 is 2.11 bits per heavy atom. The van der Waals surface area contributed by atoms with Crippen LogP contribution in [0.25, 0.3) is 0 Å². The Kier molecular flexibility index (Phi) is 4.29. The Balaban J connectivity index is 1.93. The van der Waals surface area contributed by atoms with Gasteiger partial charge in [-0.1, -0.05) is 25.4 Å². The monoisotopic (exact) mass is 266 g/mol. The molecule has 3 heteroatoms. The first-order chi connectivity index (χ1) is 8.48. The van der Waals surface area contributed by atoms with Gasteiger partial charge in [-0.15, -0.1) is 0 Å². The van der Waals surface area contributed by atoms with Crippen LogP contribution in [0, 0.1) is 11.3 Å². The molecule has 1 aliphatic carbocycles. The van der Waals surface area contributed by atoms with Crippen molar-refractivity contribution in [3.63, 3.8) is 0 Å². The third-order valence-corrected chi connectivity index (χ3v) is 4.64. The van der Waals surface area contributed by atoms with Crippen LogP contribution in [0.2, 0.25) is 5.02 Å². The van der Waals surface area contributed by atoms with E-state index in [-0.39, 0.29) is 6.04 Å². The van der Waals surface area contributed by atoms with Crippen molar-refractivity contribution < 1.29 is 0 Å². The van der Waals surface area contributed by atoms with Gasteiger partial charge in [-0.3, -0.25) is 4.98 Å². The summed E-state index contributed by atoms with van der Waals surface area (Å²) in [5.74, 6) is 0.641. The van der Waals surface area contributed by atoms with E-state index in [0.29, 0.717) is 11.3 Å². The lowest BCUT2D eigenvalue weighted by Crippen LogP contribution is -2.36. The third kappa shape index (κ3) is 3.46. The van der Waals surface area contributed by atoms with Gasteiger partial charge >= 0.3 is 0 Å². The van der Waals surface area contributed by atoms with Crippen molar-refractivity contribution in [2.24, 2.45) is 17.1 Å². The second-order valence-corrected chi connectivity index (χ2v) is 6.74. The maximum atomic E-state index is 6.36. The molecule has 1 fully saturated rings. The molecule has 18 heavy (non-hydrogen) atoms. The first-order valence-corrected chi connectivity index (χ1v) is 7.20.